The monoisotopic (exact) mass is 315 g/mol. The maximum atomic E-state index is 6.40. The fraction of sp³-hybridized carbons (Fsp3) is 0.571. The van der Waals surface area contributed by atoms with Crippen LogP contribution in [0.1, 0.15) is 38.2 Å². The molecule has 0 bridgehead atoms. The van der Waals surface area contributed by atoms with Crippen molar-refractivity contribution in [3.8, 4) is 0 Å². The summed E-state index contributed by atoms with van der Waals surface area (Å²) in [6.45, 7) is 3.44. The zero-order valence-electron chi connectivity index (χ0n) is 10.3. The van der Waals surface area contributed by atoms with Crippen LogP contribution in [-0.4, -0.2) is 12.6 Å². The molecule has 17 heavy (non-hydrogen) atoms. The summed E-state index contributed by atoms with van der Waals surface area (Å²) in [4.78, 5) is 2.49. The van der Waals surface area contributed by atoms with Gasteiger partial charge in [0.1, 0.15) is 0 Å². The van der Waals surface area contributed by atoms with E-state index in [2.05, 4.69) is 33.8 Å². The fourth-order valence-corrected chi connectivity index (χ4v) is 3.35. The lowest BCUT2D eigenvalue weighted by atomic mass is 10.1. The number of alkyl halides is 1. The van der Waals surface area contributed by atoms with Crippen LogP contribution in [0.25, 0.3) is 0 Å². The fourth-order valence-electron chi connectivity index (χ4n) is 2.60. The van der Waals surface area contributed by atoms with Crippen LogP contribution in [0.2, 0.25) is 5.02 Å². The molecule has 0 saturated carbocycles. The first-order chi connectivity index (χ1) is 8.24. The van der Waals surface area contributed by atoms with Gasteiger partial charge >= 0.3 is 0 Å². The Morgan fingerprint density at radius 2 is 2.18 bits per heavy atom. The SMILES string of the molecule is CC1CCCCCN1c1c(Cl)cccc1CBr. The van der Waals surface area contributed by atoms with E-state index in [9.17, 15) is 0 Å². The summed E-state index contributed by atoms with van der Waals surface area (Å²) >= 11 is 9.96. The standard InChI is InChI=1S/C14H19BrClN/c1-11-6-3-2-4-9-17(11)14-12(10-15)7-5-8-13(14)16/h5,7-8,11H,2-4,6,9-10H2,1H3. The summed E-state index contributed by atoms with van der Waals surface area (Å²) < 4.78 is 0. The first-order valence-corrected chi connectivity index (χ1v) is 7.84. The van der Waals surface area contributed by atoms with E-state index < -0.39 is 0 Å². The normalized spacial score (nSPS) is 21.4. The molecular weight excluding hydrogens is 298 g/mol. The van der Waals surface area contributed by atoms with E-state index in [-0.39, 0.29) is 0 Å². The minimum atomic E-state index is 0.593. The molecule has 0 N–H and O–H groups in total. The van der Waals surface area contributed by atoms with Crippen LogP contribution in [0.15, 0.2) is 18.2 Å². The van der Waals surface area contributed by atoms with Gasteiger partial charge in [0.05, 0.1) is 10.7 Å². The van der Waals surface area contributed by atoms with Crippen molar-refractivity contribution < 1.29 is 0 Å². The molecule has 1 aromatic carbocycles. The van der Waals surface area contributed by atoms with Gasteiger partial charge in [-0.05, 0) is 31.4 Å². The number of hydrogen-bond acceptors (Lipinski definition) is 1. The van der Waals surface area contributed by atoms with Crippen molar-refractivity contribution in [2.75, 3.05) is 11.4 Å². The van der Waals surface area contributed by atoms with Crippen LogP contribution in [0.4, 0.5) is 5.69 Å². The summed E-state index contributed by atoms with van der Waals surface area (Å²) in [6.07, 6.45) is 5.23. The third-order valence-electron chi connectivity index (χ3n) is 3.55. The highest BCUT2D eigenvalue weighted by Crippen LogP contribution is 2.34. The van der Waals surface area contributed by atoms with Crippen molar-refractivity contribution in [3.05, 3.63) is 28.8 Å². The second kappa shape index (κ2) is 6.10. The smallest absolute Gasteiger partial charge is 0.0642 e. The molecule has 1 heterocycles. The van der Waals surface area contributed by atoms with Gasteiger partial charge in [-0.25, -0.2) is 0 Å². The molecule has 0 aromatic heterocycles. The summed E-state index contributed by atoms with van der Waals surface area (Å²) in [7, 11) is 0. The number of para-hydroxylation sites is 1. The largest absolute Gasteiger partial charge is 0.367 e. The van der Waals surface area contributed by atoms with Crippen molar-refractivity contribution >= 4 is 33.2 Å². The minimum absolute atomic E-state index is 0.593. The van der Waals surface area contributed by atoms with Gasteiger partial charge in [0, 0.05) is 17.9 Å². The summed E-state index contributed by atoms with van der Waals surface area (Å²) in [6, 6.07) is 6.79. The molecule has 3 heteroatoms. The Bertz CT molecular complexity index is 380. The van der Waals surface area contributed by atoms with Crippen LogP contribution in [0, 0.1) is 0 Å². The predicted octanol–water partition coefficient (Wildman–Crippen LogP) is 5.00. The average molecular weight is 317 g/mol. The Labute approximate surface area is 117 Å². The molecule has 1 nitrogen and oxygen atoms in total. The molecule has 0 radical (unpaired) electrons. The molecule has 1 unspecified atom stereocenters. The Hall–Kier alpha value is -0.210. The van der Waals surface area contributed by atoms with Gasteiger partial charge in [-0.15, -0.1) is 0 Å². The molecule has 1 fully saturated rings. The van der Waals surface area contributed by atoms with Crippen LogP contribution >= 0.6 is 27.5 Å². The molecule has 1 atom stereocenters. The molecule has 2 rings (SSSR count). The Morgan fingerprint density at radius 1 is 1.35 bits per heavy atom. The molecular formula is C14H19BrClN. The first-order valence-electron chi connectivity index (χ1n) is 6.34. The number of benzene rings is 1. The highest BCUT2D eigenvalue weighted by Gasteiger charge is 2.21. The lowest BCUT2D eigenvalue weighted by Crippen LogP contribution is -2.33. The highest BCUT2D eigenvalue weighted by molar-refractivity contribution is 9.08. The number of halogens is 2. The van der Waals surface area contributed by atoms with Gasteiger partial charge in [0.25, 0.3) is 0 Å². The maximum Gasteiger partial charge on any atom is 0.0642 e. The quantitative estimate of drug-likeness (QED) is 0.694. The average Bonchev–Trinajstić information content (AvgIpc) is 2.54. The summed E-state index contributed by atoms with van der Waals surface area (Å²) in [5, 5.41) is 1.75. The second-order valence-corrected chi connectivity index (χ2v) is 5.74. The van der Waals surface area contributed by atoms with Gasteiger partial charge in [-0.2, -0.15) is 0 Å². The van der Waals surface area contributed by atoms with Gasteiger partial charge < -0.3 is 4.90 Å². The molecule has 94 valence electrons. The first kappa shape index (κ1) is 13.2. The zero-order chi connectivity index (χ0) is 12.3. The third-order valence-corrected chi connectivity index (χ3v) is 4.46. The lowest BCUT2D eigenvalue weighted by Gasteiger charge is -2.32. The van der Waals surface area contributed by atoms with Crippen molar-refractivity contribution in [2.24, 2.45) is 0 Å². The van der Waals surface area contributed by atoms with E-state index in [4.69, 9.17) is 11.6 Å². The summed E-state index contributed by atoms with van der Waals surface area (Å²) in [5.74, 6) is 0. The van der Waals surface area contributed by atoms with Crippen molar-refractivity contribution in [2.45, 2.75) is 44.0 Å². The number of anilines is 1. The molecule has 0 amide bonds. The minimum Gasteiger partial charge on any atom is -0.367 e. The van der Waals surface area contributed by atoms with E-state index >= 15 is 0 Å². The Balaban J connectivity index is 2.36. The van der Waals surface area contributed by atoms with Crippen molar-refractivity contribution in [1.82, 2.24) is 0 Å². The van der Waals surface area contributed by atoms with E-state index in [0.29, 0.717) is 6.04 Å². The van der Waals surface area contributed by atoms with Crippen LogP contribution < -0.4 is 4.90 Å². The molecule has 1 aliphatic rings. The number of nitrogens with zero attached hydrogens (tertiary/aromatic N) is 1. The van der Waals surface area contributed by atoms with Gasteiger partial charge in [0.15, 0.2) is 0 Å². The predicted molar refractivity (Wildman–Crippen MR) is 79.4 cm³/mol. The Morgan fingerprint density at radius 3 is 2.94 bits per heavy atom. The van der Waals surface area contributed by atoms with Gasteiger partial charge in [0.2, 0.25) is 0 Å². The van der Waals surface area contributed by atoms with Crippen LogP contribution in [-0.2, 0) is 5.33 Å². The molecule has 1 aromatic rings. The number of rotatable bonds is 2. The van der Waals surface area contributed by atoms with E-state index in [0.717, 1.165) is 16.9 Å². The highest BCUT2D eigenvalue weighted by atomic mass is 79.9. The van der Waals surface area contributed by atoms with Crippen LogP contribution in [0.3, 0.4) is 0 Å². The Kier molecular flexibility index (Phi) is 4.75. The second-order valence-electron chi connectivity index (χ2n) is 4.77. The number of hydrogen-bond donors (Lipinski definition) is 0. The zero-order valence-corrected chi connectivity index (χ0v) is 12.6. The van der Waals surface area contributed by atoms with E-state index in [1.165, 1.54) is 36.9 Å². The van der Waals surface area contributed by atoms with Crippen LogP contribution in [0.5, 0.6) is 0 Å². The van der Waals surface area contributed by atoms with Gasteiger partial charge in [-0.1, -0.05) is 52.5 Å². The van der Waals surface area contributed by atoms with E-state index in [1.807, 2.05) is 12.1 Å². The molecule has 0 spiro atoms. The third kappa shape index (κ3) is 2.97. The van der Waals surface area contributed by atoms with Gasteiger partial charge in [-0.3, -0.25) is 0 Å². The maximum absolute atomic E-state index is 6.40. The topological polar surface area (TPSA) is 3.24 Å². The van der Waals surface area contributed by atoms with Crippen molar-refractivity contribution in [1.29, 1.82) is 0 Å². The van der Waals surface area contributed by atoms with E-state index in [1.54, 1.807) is 0 Å². The molecule has 1 saturated heterocycles. The summed E-state index contributed by atoms with van der Waals surface area (Å²) in [5.41, 5.74) is 2.53. The lowest BCUT2D eigenvalue weighted by molar-refractivity contribution is 0.615. The van der Waals surface area contributed by atoms with Crippen molar-refractivity contribution in [3.63, 3.8) is 0 Å². The molecule has 0 aliphatic carbocycles. The molecule has 1 aliphatic heterocycles.